The zero-order chi connectivity index (χ0) is 22.5. The average molecular weight is 431 g/mol. The van der Waals surface area contributed by atoms with Crippen LogP contribution in [0.5, 0.6) is 5.75 Å². The molecule has 0 spiro atoms. The number of carbonyl (C=O) groups is 1. The number of nitrogens with zero attached hydrogens (tertiary/aromatic N) is 1. The first-order chi connectivity index (χ1) is 15.5. The minimum atomic E-state index is -0.530. The van der Waals surface area contributed by atoms with Crippen LogP contribution in [0.1, 0.15) is 51.6 Å². The Morgan fingerprint density at radius 3 is 2.44 bits per heavy atom. The summed E-state index contributed by atoms with van der Waals surface area (Å²) in [5.74, 6) is 1.49. The van der Waals surface area contributed by atoms with E-state index in [1.165, 1.54) is 18.5 Å². The monoisotopic (exact) mass is 430 g/mol. The van der Waals surface area contributed by atoms with Gasteiger partial charge in [0.25, 0.3) is 5.91 Å². The van der Waals surface area contributed by atoms with Gasteiger partial charge in [-0.1, -0.05) is 62.4 Å². The van der Waals surface area contributed by atoms with Gasteiger partial charge in [-0.05, 0) is 61.3 Å². The van der Waals surface area contributed by atoms with Gasteiger partial charge in [-0.3, -0.25) is 4.79 Å². The number of rotatable bonds is 7. The fourth-order valence-electron chi connectivity index (χ4n) is 4.40. The fraction of sp³-hybridized carbons (Fsp3) is 0.393. The topological polar surface area (TPSA) is 41.6 Å². The number of nitrogens with one attached hydrogen (secondary N) is 1. The maximum Gasteiger partial charge on any atom is 0.261 e. The molecule has 1 fully saturated rings. The lowest BCUT2D eigenvalue weighted by molar-refractivity contribution is -0.128. The van der Waals surface area contributed by atoms with E-state index in [1.807, 2.05) is 44.2 Å². The Kier molecular flexibility index (Phi) is 6.99. The van der Waals surface area contributed by atoms with E-state index in [0.717, 1.165) is 41.1 Å². The zero-order valence-corrected chi connectivity index (χ0v) is 19.4. The van der Waals surface area contributed by atoms with Crippen LogP contribution in [0, 0.1) is 5.92 Å². The molecule has 3 aromatic carbocycles. The third-order valence-corrected chi connectivity index (χ3v) is 6.58. The van der Waals surface area contributed by atoms with Crippen LogP contribution < -0.4 is 15.0 Å². The molecule has 0 bridgehead atoms. The second-order valence-corrected chi connectivity index (χ2v) is 8.98. The van der Waals surface area contributed by atoms with Gasteiger partial charge in [0.2, 0.25) is 0 Å². The number of fused-ring (bicyclic) bond motifs is 1. The first-order valence-corrected chi connectivity index (χ1v) is 11.8. The molecule has 0 saturated carbocycles. The van der Waals surface area contributed by atoms with Crippen molar-refractivity contribution in [2.75, 3.05) is 18.0 Å². The summed E-state index contributed by atoms with van der Waals surface area (Å²) in [5, 5.41) is 5.28. The van der Waals surface area contributed by atoms with Gasteiger partial charge in [0, 0.05) is 24.2 Å². The van der Waals surface area contributed by atoms with Crippen molar-refractivity contribution >= 4 is 22.4 Å². The first kappa shape index (κ1) is 22.2. The van der Waals surface area contributed by atoms with Crippen LogP contribution in [0.25, 0.3) is 10.8 Å². The van der Waals surface area contributed by atoms with Crippen molar-refractivity contribution in [2.24, 2.45) is 5.92 Å². The van der Waals surface area contributed by atoms with Crippen molar-refractivity contribution in [1.29, 1.82) is 0 Å². The van der Waals surface area contributed by atoms with E-state index in [2.05, 4.69) is 53.5 Å². The van der Waals surface area contributed by atoms with Crippen LogP contribution in [-0.4, -0.2) is 25.1 Å². The highest BCUT2D eigenvalue weighted by atomic mass is 16.5. The molecule has 168 valence electrons. The van der Waals surface area contributed by atoms with Crippen molar-refractivity contribution in [3.63, 3.8) is 0 Å². The Morgan fingerprint density at radius 2 is 1.72 bits per heavy atom. The Balaban J connectivity index is 1.39. The molecule has 1 amide bonds. The van der Waals surface area contributed by atoms with Crippen LogP contribution in [0.15, 0.2) is 66.7 Å². The van der Waals surface area contributed by atoms with Gasteiger partial charge in [0.15, 0.2) is 6.10 Å². The lowest BCUT2D eigenvalue weighted by Crippen LogP contribution is -2.39. The second-order valence-electron chi connectivity index (χ2n) is 8.98. The number of carbonyl (C=O) groups excluding carboxylic acids is 1. The maximum absolute atomic E-state index is 13.0. The molecule has 0 unspecified atom stereocenters. The molecule has 2 atom stereocenters. The molecule has 4 heteroatoms. The van der Waals surface area contributed by atoms with Gasteiger partial charge in [0.1, 0.15) is 5.75 Å². The zero-order valence-electron chi connectivity index (χ0n) is 19.4. The van der Waals surface area contributed by atoms with Crippen molar-refractivity contribution in [3.05, 3.63) is 72.3 Å². The van der Waals surface area contributed by atoms with E-state index in [0.29, 0.717) is 6.42 Å². The van der Waals surface area contributed by atoms with E-state index in [9.17, 15) is 4.79 Å². The normalized spacial score (nSPS) is 16.5. The maximum atomic E-state index is 13.0. The van der Waals surface area contributed by atoms with E-state index >= 15 is 0 Å². The third-order valence-electron chi connectivity index (χ3n) is 6.58. The summed E-state index contributed by atoms with van der Waals surface area (Å²) in [7, 11) is 0. The summed E-state index contributed by atoms with van der Waals surface area (Å²) in [5.41, 5.74) is 2.37. The second kappa shape index (κ2) is 10.1. The summed E-state index contributed by atoms with van der Waals surface area (Å²) in [6, 6.07) is 22.6. The molecule has 1 N–H and O–H groups in total. The molecule has 1 aliphatic heterocycles. The fourth-order valence-corrected chi connectivity index (χ4v) is 4.40. The lowest BCUT2D eigenvalue weighted by atomic mass is 9.98. The molecule has 4 nitrogen and oxygen atoms in total. The van der Waals surface area contributed by atoms with Gasteiger partial charge < -0.3 is 15.0 Å². The van der Waals surface area contributed by atoms with Gasteiger partial charge >= 0.3 is 0 Å². The van der Waals surface area contributed by atoms with E-state index < -0.39 is 6.10 Å². The van der Waals surface area contributed by atoms with Gasteiger partial charge in [-0.15, -0.1) is 0 Å². The summed E-state index contributed by atoms with van der Waals surface area (Å²) in [6.07, 6.45) is 2.58. The molecule has 1 saturated heterocycles. The van der Waals surface area contributed by atoms with Crippen LogP contribution in [-0.2, 0) is 4.79 Å². The van der Waals surface area contributed by atoms with Gasteiger partial charge in [-0.2, -0.15) is 0 Å². The largest absolute Gasteiger partial charge is 0.480 e. The number of anilines is 1. The van der Waals surface area contributed by atoms with Crippen LogP contribution in [0.3, 0.4) is 0 Å². The van der Waals surface area contributed by atoms with Crippen molar-refractivity contribution in [3.8, 4) is 5.75 Å². The Morgan fingerprint density at radius 1 is 1.03 bits per heavy atom. The summed E-state index contributed by atoms with van der Waals surface area (Å²) < 4.78 is 6.16. The highest BCUT2D eigenvalue weighted by molar-refractivity contribution is 5.89. The van der Waals surface area contributed by atoms with Crippen molar-refractivity contribution < 1.29 is 9.53 Å². The molecule has 1 heterocycles. The molecule has 0 radical (unpaired) electrons. The number of hydrogen-bond acceptors (Lipinski definition) is 3. The Hall–Kier alpha value is -3.01. The van der Waals surface area contributed by atoms with E-state index in [1.54, 1.807) is 0 Å². The van der Waals surface area contributed by atoms with Crippen molar-refractivity contribution in [2.45, 2.75) is 52.2 Å². The lowest BCUT2D eigenvalue weighted by Gasteiger charge is -2.32. The van der Waals surface area contributed by atoms with Gasteiger partial charge in [0.05, 0.1) is 6.04 Å². The predicted molar refractivity (Wildman–Crippen MR) is 132 cm³/mol. The first-order valence-electron chi connectivity index (χ1n) is 11.8. The minimum Gasteiger partial charge on any atom is -0.480 e. The Labute approximate surface area is 191 Å². The van der Waals surface area contributed by atoms with Crippen LogP contribution in [0.4, 0.5) is 5.69 Å². The number of ether oxygens (including phenoxy) is 1. The quantitative estimate of drug-likeness (QED) is 0.492. The molecule has 1 aliphatic rings. The number of amides is 1. The highest BCUT2D eigenvalue weighted by Crippen LogP contribution is 2.27. The van der Waals surface area contributed by atoms with Crippen LogP contribution in [0.2, 0.25) is 0 Å². The molecular formula is C28H34N2O2. The molecule has 3 aromatic rings. The summed E-state index contributed by atoms with van der Waals surface area (Å²) >= 11 is 0. The summed E-state index contributed by atoms with van der Waals surface area (Å²) in [4.78, 5) is 15.5. The van der Waals surface area contributed by atoms with Crippen molar-refractivity contribution in [1.82, 2.24) is 5.32 Å². The number of hydrogen-bond donors (Lipinski definition) is 1. The Bertz CT molecular complexity index is 1030. The smallest absolute Gasteiger partial charge is 0.261 e. The van der Waals surface area contributed by atoms with E-state index in [4.69, 9.17) is 4.74 Å². The van der Waals surface area contributed by atoms with E-state index in [-0.39, 0.29) is 11.9 Å². The van der Waals surface area contributed by atoms with Gasteiger partial charge in [-0.25, -0.2) is 0 Å². The molecular weight excluding hydrogens is 396 g/mol. The average Bonchev–Trinajstić information content (AvgIpc) is 2.83. The summed E-state index contributed by atoms with van der Waals surface area (Å²) in [6.45, 7) is 8.58. The number of benzene rings is 3. The molecule has 4 rings (SSSR count). The SMILES string of the molecule is CC[C@@H](Oc1cccc2ccccc12)C(=O)N[C@@H](C)c1ccc(N2CCC(C)CC2)cc1. The minimum absolute atomic E-state index is 0.0805. The molecule has 0 aromatic heterocycles. The molecule has 0 aliphatic carbocycles. The molecule has 32 heavy (non-hydrogen) atoms. The highest BCUT2D eigenvalue weighted by Gasteiger charge is 2.22. The predicted octanol–water partition coefficient (Wildman–Crippen LogP) is 6.11. The van der Waals surface area contributed by atoms with Crippen LogP contribution >= 0.6 is 0 Å². The third kappa shape index (κ3) is 5.07. The number of piperidine rings is 1. The standard InChI is InChI=1S/C28H34N2O2/c1-4-26(32-27-11-7-9-23-8-5-6-10-25(23)27)28(31)29-21(3)22-12-14-24(15-13-22)30-18-16-20(2)17-19-30/h5-15,20-21,26H,4,16-19H2,1-3H3,(H,29,31)/t21-,26+/m0/s1.